The number of ether oxygens (including phenoxy) is 2. The predicted molar refractivity (Wildman–Crippen MR) is 97.4 cm³/mol. The SMILES string of the molecule is COc1ccc(CNC(=O)COC(=O)CNS(=O)(=O)c2ccc(F)cc2)cc1. The minimum Gasteiger partial charge on any atom is -0.497 e. The second kappa shape index (κ2) is 9.81. The molecule has 10 heteroatoms. The van der Waals surface area contributed by atoms with Gasteiger partial charge >= 0.3 is 5.97 Å². The molecule has 0 fully saturated rings. The van der Waals surface area contributed by atoms with E-state index in [4.69, 9.17) is 9.47 Å². The Bertz CT molecular complexity index is 914. The van der Waals surface area contributed by atoms with Crippen molar-refractivity contribution in [1.29, 1.82) is 0 Å². The van der Waals surface area contributed by atoms with Crippen molar-refractivity contribution < 1.29 is 31.9 Å². The van der Waals surface area contributed by atoms with Crippen LogP contribution in [0.4, 0.5) is 4.39 Å². The summed E-state index contributed by atoms with van der Waals surface area (Å²) in [6.07, 6.45) is 0. The van der Waals surface area contributed by atoms with Crippen LogP contribution in [0.25, 0.3) is 0 Å². The van der Waals surface area contributed by atoms with Gasteiger partial charge in [0.2, 0.25) is 10.0 Å². The Hall–Kier alpha value is -2.98. The number of hydrogen-bond acceptors (Lipinski definition) is 6. The highest BCUT2D eigenvalue weighted by atomic mass is 32.2. The number of benzene rings is 2. The van der Waals surface area contributed by atoms with E-state index in [2.05, 4.69) is 5.32 Å². The molecule has 150 valence electrons. The second-order valence-corrected chi connectivity index (χ2v) is 7.33. The van der Waals surface area contributed by atoms with Crippen LogP contribution in [-0.2, 0) is 30.9 Å². The lowest BCUT2D eigenvalue weighted by Gasteiger charge is -2.08. The highest BCUT2D eigenvalue weighted by Gasteiger charge is 2.16. The Morgan fingerprint density at radius 1 is 1.04 bits per heavy atom. The van der Waals surface area contributed by atoms with Gasteiger partial charge in [0.15, 0.2) is 6.61 Å². The normalized spacial score (nSPS) is 10.9. The lowest BCUT2D eigenvalue weighted by molar-refractivity contribution is -0.147. The molecule has 0 heterocycles. The summed E-state index contributed by atoms with van der Waals surface area (Å²) in [6.45, 7) is -0.976. The second-order valence-electron chi connectivity index (χ2n) is 5.56. The maximum Gasteiger partial charge on any atom is 0.321 e. The molecular weight excluding hydrogens is 391 g/mol. The first kappa shape index (κ1) is 21.3. The van der Waals surface area contributed by atoms with E-state index in [0.717, 1.165) is 29.8 Å². The number of esters is 1. The Balaban J connectivity index is 1.72. The topological polar surface area (TPSA) is 111 Å². The van der Waals surface area contributed by atoms with Crippen LogP contribution in [0.2, 0.25) is 0 Å². The number of carbonyl (C=O) groups is 2. The lowest BCUT2D eigenvalue weighted by atomic mass is 10.2. The molecule has 0 aromatic heterocycles. The van der Waals surface area contributed by atoms with E-state index < -0.39 is 40.9 Å². The summed E-state index contributed by atoms with van der Waals surface area (Å²) < 4.78 is 48.5. The molecule has 0 radical (unpaired) electrons. The van der Waals surface area contributed by atoms with Gasteiger partial charge in [-0.3, -0.25) is 9.59 Å². The van der Waals surface area contributed by atoms with Crippen LogP contribution in [0.5, 0.6) is 5.75 Å². The molecule has 0 unspecified atom stereocenters. The summed E-state index contributed by atoms with van der Waals surface area (Å²) in [5.41, 5.74) is 0.826. The minimum absolute atomic E-state index is 0.195. The Morgan fingerprint density at radius 3 is 2.29 bits per heavy atom. The minimum atomic E-state index is -3.99. The van der Waals surface area contributed by atoms with Crippen LogP contribution in [0.15, 0.2) is 53.4 Å². The zero-order chi connectivity index (χ0) is 20.6. The molecule has 0 aliphatic carbocycles. The van der Waals surface area contributed by atoms with Gasteiger partial charge in [0.05, 0.1) is 12.0 Å². The first-order valence-corrected chi connectivity index (χ1v) is 9.59. The molecule has 2 N–H and O–H groups in total. The maximum absolute atomic E-state index is 12.8. The zero-order valence-electron chi connectivity index (χ0n) is 15.0. The van der Waals surface area contributed by atoms with Crippen molar-refractivity contribution in [3.63, 3.8) is 0 Å². The third kappa shape index (κ3) is 6.63. The molecule has 28 heavy (non-hydrogen) atoms. The van der Waals surface area contributed by atoms with Crippen molar-refractivity contribution in [1.82, 2.24) is 10.0 Å². The third-order valence-corrected chi connectivity index (χ3v) is 4.96. The Kier molecular flexibility index (Phi) is 7.47. The molecule has 0 aliphatic rings. The summed E-state index contributed by atoms with van der Waals surface area (Å²) in [5.74, 6) is -1.36. The van der Waals surface area contributed by atoms with Crippen molar-refractivity contribution in [2.24, 2.45) is 0 Å². The van der Waals surface area contributed by atoms with E-state index in [-0.39, 0.29) is 11.4 Å². The molecule has 0 spiro atoms. The van der Waals surface area contributed by atoms with Gasteiger partial charge in [-0.25, -0.2) is 12.8 Å². The smallest absolute Gasteiger partial charge is 0.321 e. The summed E-state index contributed by atoms with van der Waals surface area (Å²) in [6, 6.07) is 11.1. The van der Waals surface area contributed by atoms with Gasteiger partial charge < -0.3 is 14.8 Å². The van der Waals surface area contributed by atoms with Gasteiger partial charge in [-0.2, -0.15) is 4.72 Å². The number of carbonyl (C=O) groups excluding carboxylic acids is 2. The number of rotatable bonds is 9. The van der Waals surface area contributed by atoms with Crippen LogP contribution in [0, 0.1) is 5.82 Å². The van der Waals surface area contributed by atoms with Crippen molar-refractivity contribution in [2.75, 3.05) is 20.3 Å². The molecule has 2 rings (SSSR count). The van der Waals surface area contributed by atoms with E-state index in [1.54, 1.807) is 31.4 Å². The van der Waals surface area contributed by atoms with Gasteiger partial charge in [0.1, 0.15) is 18.1 Å². The average Bonchev–Trinajstić information content (AvgIpc) is 2.70. The molecule has 2 aromatic carbocycles. The molecule has 0 saturated carbocycles. The van der Waals surface area contributed by atoms with E-state index in [9.17, 15) is 22.4 Å². The third-order valence-electron chi connectivity index (χ3n) is 3.54. The van der Waals surface area contributed by atoms with Crippen LogP contribution in [0.3, 0.4) is 0 Å². The van der Waals surface area contributed by atoms with Gasteiger partial charge in [0.25, 0.3) is 5.91 Å². The quantitative estimate of drug-likeness (QED) is 0.596. The van der Waals surface area contributed by atoms with E-state index >= 15 is 0 Å². The van der Waals surface area contributed by atoms with Crippen LogP contribution in [0.1, 0.15) is 5.56 Å². The number of halogens is 1. The van der Waals surface area contributed by atoms with Gasteiger partial charge in [0, 0.05) is 6.54 Å². The number of nitrogens with one attached hydrogen (secondary N) is 2. The molecule has 0 aliphatic heterocycles. The summed E-state index contributed by atoms with van der Waals surface area (Å²) in [5, 5.41) is 2.56. The highest BCUT2D eigenvalue weighted by molar-refractivity contribution is 7.89. The zero-order valence-corrected chi connectivity index (χ0v) is 15.8. The summed E-state index contributed by atoms with van der Waals surface area (Å²) in [4.78, 5) is 23.1. The Morgan fingerprint density at radius 2 is 1.68 bits per heavy atom. The fraction of sp³-hybridized carbons (Fsp3) is 0.222. The predicted octanol–water partition coefficient (Wildman–Crippen LogP) is 0.972. The molecule has 0 atom stereocenters. The Labute approximate surface area is 161 Å². The van der Waals surface area contributed by atoms with Crippen molar-refractivity contribution >= 4 is 21.9 Å². The fourth-order valence-electron chi connectivity index (χ4n) is 2.04. The molecule has 1 amide bonds. The highest BCUT2D eigenvalue weighted by Crippen LogP contribution is 2.11. The van der Waals surface area contributed by atoms with Crippen molar-refractivity contribution in [3.8, 4) is 5.75 Å². The van der Waals surface area contributed by atoms with E-state index in [1.165, 1.54) is 0 Å². The first-order valence-electron chi connectivity index (χ1n) is 8.10. The summed E-state index contributed by atoms with van der Waals surface area (Å²) >= 11 is 0. The number of sulfonamides is 1. The van der Waals surface area contributed by atoms with Crippen LogP contribution >= 0.6 is 0 Å². The summed E-state index contributed by atoms with van der Waals surface area (Å²) in [7, 11) is -2.44. The first-order chi connectivity index (χ1) is 13.3. The molecule has 0 saturated heterocycles. The van der Waals surface area contributed by atoms with Crippen LogP contribution in [-0.4, -0.2) is 40.6 Å². The fourth-order valence-corrected chi connectivity index (χ4v) is 3.01. The molecule has 0 bridgehead atoms. The van der Waals surface area contributed by atoms with E-state index in [0.29, 0.717) is 5.75 Å². The molecule has 8 nitrogen and oxygen atoms in total. The largest absolute Gasteiger partial charge is 0.497 e. The monoisotopic (exact) mass is 410 g/mol. The maximum atomic E-state index is 12.8. The van der Waals surface area contributed by atoms with Crippen LogP contribution < -0.4 is 14.8 Å². The number of hydrogen-bond donors (Lipinski definition) is 2. The number of amides is 1. The number of methoxy groups -OCH3 is 1. The van der Waals surface area contributed by atoms with Crippen molar-refractivity contribution in [2.45, 2.75) is 11.4 Å². The molecule has 2 aromatic rings. The van der Waals surface area contributed by atoms with Gasteiger partial charge in [-0.1, -0.05) is 12.1 Å². The standard InChI is InChI=1S/C18H19FN2O6S/c1-26-15-6-2-13(3-7-15)10-20-17(22)12-27-18(23)11-21-28(24,25)16-8-4-14(19)5-9-16/h2-9,21H,10-12H2,1H3,(H,20,22). The van der Waals surface area contributed by atoms with Crippen molar-refractivity contribution in [3.05, 3.63) is 59.9 Å². The lowest BCUT2D eigenvalue weighted by Crippen LogP contribution is -2.33. The van der Waals surface area contributed by atoms with Gasteiger partial charge in [-0.15, -0.1) is 0 Å². The molecular formula is C18H19FN2O6S. The van der Waals surface area contributed by atoms with Gasteiger partial charge in [-0.05, 0) is 42.0 Å². The average molecular weight is 410 g/mol. The van der Waals surface area contributed by atoms with E-state index in [1.807, 2.05) is 4.72 Å².